The second kappa shape index (κ2) is 7.47. The Balaban J connectivity index is 1.84. The standard InChI is InChI=1S/C17H21N3O2/c1-13-11-15(20(2)3)9-10-16(13)18-17(21)19-22-12-14-7-5-4-6-8-14/h4-11H,12H2,1-3H3,(H2,18,19,21). The molecule has 0 unspecified atom stereocenters. The summed E-state index contributed by atoms with van der Waals surface area (Å²) in [4.78, 5) is 19.0. The summed E-state index contributed by atoms with van der Waals surface area (Å²) in [6, 6.07) is 15.1. The molecule has 22 heavy (non-hydrogen) atoms. The van der Waals surface area contributed by atoms with Crippen LogP contribution in [0.15, 0.2) is 48.5 Å². The summed E-state index contributed by atoms with van der Waals surface area (Å²) < 4.78 is 0. The largest absolute Gasteiger partial charge is 0.378 e. The Labute approximate surface area is 130 Å². The third-order valence-corrected chi connectivity index (χ3v) is 3.22. The normalized spacial score (nSPS) is 10.1. The van der Waals surface area contributed by atoms with Crippen LogP contribution in [0.3, 0.4) is 0 Å². The average Bonchev–Trinajstić information content (AvgIpc) is 2.50. The van der Waals surface area contributed by atoms with Crippen molar-refractivity contribution in [3.8, 4) is 0 Å². The number of anilines is 2. The van der Waals surface area contributed by atoms with Crippen LogP contribution in [-0.4, -0.2) is 20.1 Å². The Hall–Kier alpha value is -2.53. The molecule has 5 heteroatoms. The first kappa shape index (κ1) is 15.9. The number of urea groups is 1. The number of hydrogen-bond acceptors (Lipinski definition) is 3. The van der Waals surface area contributed by atoms with Crippen molar-refractivity contribution in [1.29, 1.82) is 0 Å². The highest BCUT2D eigenvalue weighted by Gasteiger charge is 2.06. The van der Waals surface area contributed by atoms with Gasteiger partial charge in [-0.1, -0.05) is 30.3 Å². The Bertz CT molecular complexity index is 627. The third kappa shape index (κ3) is 4.49. The fraction of sp³-hybridized carbons (Fsp3) is 0.235. The van der Waals surface area contributed by atoms with Crippen LogP contribution in [-0.2, 0) is 11.4 Å². The molecule has 0 saturated carbocycles. The van der Waals surface area contributed by atoms with Crippen LogP contribution in [0.1, 0.15) is 11.1 Å². The summed E-state index contributed by atoms with van der Waals surface area (Å²) in [6.07, 6.45) is 0. The van der Waals surface area contributed by atoms with E-state index < -0.39 is 6.03 Å². The summed E-state index contributed by atoms with van der Waals surface area (Å²) in [7, 11) is 3.96. The lowest BCUT2D eigenvalue weighted by Crippen LogP contribution is -2.29. The SMILES string of the molecule is Cc1cc(N(C)C)ccc1NC(=O)NOCc1ccccc1. The lowest BCUT2D eigenvalue weighted by Gasteiger charge is -2.15. The summed E-state index contributed by atoms with van der Waals surface area (Å²) in [6.45, 7) is 2.28. The number of aryl methyl sites for hydroxylation is 1. The van der Waals surface area contributed by atoms with Crippen molar-refractivity contribution in [3.05, 3.63) is 59.7 Å². The fourth-order valence-electron chi connectivity index (χ4n) is 1.97. The highest BCUT2D eigenvalue weighted by molar-refractivity contribution is 5.89. The topological polar surface area (TPSA) is 53.6 Å². The summed E-state index contributed by atoms with van der Waals surface area (Å²) >= 11 is 0. The average molecular weight is 299 g/mol. The van der Waals surface area contributed by atoms with Crippen molar-refractivity contribution >= 4 is 17.4 Å². The molecule has 0 aliphatic heterocycles. The molecule has 2 N–H and O–H groups in total. The molecule has 0 fully saturated rings. The molecule has 0 spiro atoms. The summed E-state index contributed by atoms with van der Waals surface area (Å²) in [5, 5.41) is 2.77. The number of hydrogen-bond donors (Lipinski definition) is 2. The number of carbonyl (C=O) groups excluding carboxylic acids is 1. The maximum atomic E-state index is 11.8. The van der Waals surface area contributed by atoms with Gasteiger partial charge in [0.25, 0.3) is 0 Å². The molecule has 0 bridgehead atoms. The second-order valence-corrected chi connectivity index (χ2v) is 5.22. The van der Waals surface area contributed by atoms with E-state index in [0.29, 0.717) is 6.61 Å². The van der Waals surface area contributed by atoms with Gasteiger partial charge in [-0.25, -0.2) is 10.3 Å². The van der Waals surface area contributed by atoms with E-state index in [0.717, 1.165) is 22.5 Å². The molecule has 0 heterocycles. The van der Waals surface area contributed by atoms with Crippen molar-refractivity contribution in [1.82, 2.24) is 5.48 Å². The van der Waals surface area contributed by atoms with Gasteiger partial charge < -0.3 is 10.2 Å². The van der Waals surface area contributed by atoms with E-state index in [1.807, 2.05) is 74.4 Å². The molecular weight excluding hydrogens is 278 g/mol. The number of rotatable bonds is 5. The van der Waals surface area contributed by atoms with E-state index in [4.69, 9.17) is 4.84 Å². The molecule has 116 valence electrons. The van der Waals surface area contributed by atoms with E-state index in [9.17, 15) is 4.79 Å². The molecule has 0 aromatic heterocycles. The van der Waals surface area contributed by atoms with Crippen molar-refractivity contribution < 1.29 is 9.63 Å². The molecule has 0 radical (unpaired) electrons. The van der Waals surface area contributed by atoms with Crippen LogP contribution in [0.4, 0.5) is 16.2 Å². The molecule has 0 atom stereocenters. The molecule has 0 aliphatic rings. The first-order chi connectivity index (χ1) is 10.6. The van der Waals surface area contributed by atoms with E-state index >= 15 is 0 Å². The Morgan fingerprint density at radius 3 is 2.50 bits per heavy atom. The van der Waals surface area contributed by atoms with Crippen molar-refractivity contribution in [2.24, 2.45) is 0 Å². The van der Waals surface area contributed by atoms with Gasteiger partial charge in [-0.3, -0.25) is 4.84 Å². The molecule has 5 nitrogen and oxygen atoms in total. The van der Waals surface area contributed by atoms with Crippen molar-refractivity contribution in [2.75, 3.05) is 24.3 Å². The number of benzene rings is 2. The van der Waals surface area contributed by atoms with Gasteiger partial charge in [0.15, 0.2) is 0 Å². The Kier molecular flexibility index (Phi) is 5.38. The minimum atomic E-state index is -0.392. The van der Waals surface area contributed by atoms with E-state index in [2.05, 4.69) is 10.8 Å². The maximum Gasteiger partial charge on any atom is 0.343 e. The van der Waals surface area contributed by atoms with Crippen molar-refractivity contribution in [2.45, 2.75) is 13.5 Å². The molecule has 0 aliphatic carbocycles. The Morgan fingerprint density at radius 1 is 1.14 bits per heavy atom. The van der Waals surface area contributed by atoms with Gasteiger partial charge in [0.2, 0.25) is 0 Å². The van der Waals surface area contributed by atoms with Crippen LogP contribution in [0.2, 0.25) is 0 Å². The zero-order valence-electron chi connectivity index (χ0n) is 13.1. The molecule has 0 saturated heterocycles. The molecule has 2 amide bonds. The predicted octanol–water partition coefficient (Wildman–Crippen LogP) is 3.31. The first-order valence-electron chi connectivity index (χ1n) is 7.07. The minimum absolute atomic E-state index is 0.326. The Morgan fingerprint density at radius 2 is 1.86 bits per heavy atom. The number of amides is 2. The summed E-state index contributed by atoms with van der Waals surface area (Å²) in [5.74, 6) is 0. The van der Waals surface area contributed by atoms with Gasteiger partial charge in [-0.05, 0) is 36.2 Å². The maximum absolute atomic E-state index is 11.8. The van der Waals surface area contributed by atoms with Crippen molar-refractivity contribution in [3.63, 3.8) is 0 Å². The lowest BCUT2D eigenvalue weighted by molar-refractivity contribution is 0.0536. The molecule has 2 aromatic rings. The highest BCUT2D eigenvalue weighted by Crippen LogP contribution is 2.21. The molecule has 2 rings (SSSR count). The van der Waals surface area contributed by atoms with E-state index in [1.165, 1.54) is 0 Å². The summed E-state index contributed by atoms with van der Waals surface area (Å²) in [5.41, 5.74) is 6.21. The quantitative estimate of drug-likeness (QED) is 0.833. The zero-order chi connectivity index (χ0) is 15.9. The highest BCUT2D eigenvalue weighted by atomic mass is 16.7. The third-order valence-electron chi connectivity index (χ3n) is 3.22. The number of nitrogens with one attached hydrogen (secondary N) is 2. The van der Waals surface area contributed by atoms with Crippen LogP contribution < -0.4 is 15.7 Å². The van der Waals surface area contributed by atoms with Crippen LogP contribution in [0.25, 0.3) is 0 Å². The fourth-order valence-corrected chi connectivity index (χ4v) is 1.97. The number of hydroxylamine groups is 1. The van der Waals surface area contributed by atoms with Crippen LogP contribution >= 0.6 is 0 Å². The van der Waals surface area contributed by atoms with Gasteiger partial charge in [0.05, 0.1) is 6.61 Å². The second-order valence-electron chi connectivity index (χ2n) is 5.22. The molecular formula is C17H21N3O2. The van der Waals surface area contributed by atoms with Crippen LogP contribution in [0.5, 0.6) is 0 Å². The number of nitrogens with zero attached hydrogens (tertiary/aromatic N) is 1. The molecule has 2 aromatic carbocycles. The monoisotopic (exact) mass is 299 g/mol. The zero-order valence-corrected chi connectivity index (χ0v) is 13.1. The van der Waals surface area contributed by atoms with Gasteiger partial charge in [-0.15, -0.1) is 0 Å². The minimum Gasteiger partial charge on any atom is -0.378 e. The van der Waals surface area contributed by atoms with Gasteiger partial charge in [0.1, 0.15) is 0 Å². The van der Waals surface area contributed by atoms with E-state index in [1.54, 1.807) is 0 Å². The van der Waals surface area contributed by atoms with Gasteiger partial charge in [0, 0.05) is 25.5 Å². The predicted molar refractivity (Wildman–Crippen MR) is 88.9 cm³/mol. The lowest BCUT2D eigenvalue weighted by atomic mass is 10.1. The smallest absolute Gasteiger partial charge is 0.343 e. The van der Waals surface area contributed by atoms with E-state index in [-0.39, 0.29) is 0 Å². The van der Waals surface area contributed by atoms with Gasteiger partial charge >= 0.3 is 6.03 Å². The van der Waals surface area contributed by atoms with Crippen LogP contribution in [0, 0.1) is 6.92 Å². The van der Waals surface area contributed by atoms with Gasteiger partial charge in [-0.2, -0.15) is 0 Å². The number of carbonyl (C=O) groups is 1. The first-order valence-corrected chi connectivity index (χ1v) is 7.07.